The Morgan fingerprint density at radius 2 is 2.00 bits per heavy atom. The SMILES string of the molecule is CCC(C)N1Cc2cc(CNC3CCCC(Oc4ccccc4)C3)ccc2C1=O. The molecule has 1 fully saturated rings. The molecule has 2 aliphatic rings. The summed E-state index contributed by atoms with van der Waals surface area (Å²) in [5, 5.41) is 3.72. The molecular formula is C25H32N2O2. The third-order valence-corrected chi connectivity index (χ3v) is 6.39. The molecular weight excluding hydrogens is 360 g/mol. The molecule has 0 radical (unpaired) electrons. The van der Waals surface area contributed by atoms with Crippen LogP contribution in [0.1, 0.15) is 67.4 Å². The first-order valence-electron chi connectivity index (χ1n) is 11.0. The Morgan fingerprint density at radius 3 is 2.79 bits per heavy atom. The van der Waals surface area contributed by atoms with Crippen LogP contribution in [0.4, 0.5) is 0 Å². The summed E-state index contributed by atoms with van der Waals surface area (Å²) in [5.74, 6) is 1.15. The third-order valence-electron chi connectivity index (χ3n) is 6.39. The summed E-state index contributed by atoms with van der Waals surface area (Å²) in [6.45, 7) is 5.85. The summed E-state index contributed by atoms with van der Waals surface area (Å²) in [7, 11) is 0. The number of carbonyl (C=O) groups excluding carboxylic acids is 1. The number of rotatable bonds is 7. The molecule has 2 aromatic carbocycles. The van der Waals surface area contributed by atoms with Gasteiger partial charge in [-0.2, -0.15) is 0 Å². The third kappa shape index (κ3) is 4.64. The van der Waals surface area contributed by atoms with Crippen LogP contribution < -0.4 is 10.1 Å². The van der Waals surface area contributed by atoms with Gasteiger partial charge in [0.1, 0.15) is 11.9 Å². The molecule has 0 bridgehead atoms. The van der Waals surface area contributed by atoms with Crippen molar-refractivity contribution in [3.8, 4) is 5.75 Å². The highest BCUT2D eigenvalue weighted by Crippen LogP contribution is 2.27. The van der Waals surface area contributed by atoms with Crippen LogP contribution in [0.3, 0.4) is 0 Å². The Hall–Kier alpha value is -2.33. The van der Waals surface area contributed by atoms with Gasteiger partial charge in [-0.1, -0.05) is 37.3 Å². The maximum Gasteiger partial charge on any atom is 0.254 e. The Kier molecular flexibility index (Phi) is 6.19. The molecule has 1 amide bonds. The van der Waals surface area contributed by atoms with Crippen molar-refractivity contribution in [1.82, 2.24) is 10.2 Å². The lowest BCUT2D eigenvalue weighted by molar-refractivity contribution is 0.0713. The fraction of sp³-hybridized carbons (Fsp3) is 0.480. The van der Waals surface area contributed by atoms with Crippen molar-refractivity contribution >= 4 is 5.91 Å². The molecule has 2 aromatic rings. The predicted molar refractivity (Wildman–Crippen MR) is 116 cm³/mol. The van der Waals surface area contributed by atoms with Crippen LogP contribution in [-0.4, -0.2) is 29.0 Å². The van der Waals surface area contributed by atoms with E-state index in [0.717, 1.165) is 43.7 Å². The van der Waals surface area contributed by atoms with E-state index in [-0.39, 0.29) is 12.0 Å². The van der Waals surface area contributed by atoms with Gasteiger partial charge in [-0.15, -0.1) is 0 Å². The number of fused-ring (bicyclic) bond motifs is 1. The lowest BCUT2D eigenvalue weighted by Crippen LogP contribution is -2.37. The first kappa shape index (κ1) is 20.0. The van der Waals surface area contributed by atoms with Crippen LogP contribution in [0.2, 0.25) is 0 Å². The number of ether oxygens (including phenoxy) is 1. The Labute approximate surface area is 174 Å². The largest absolute Gasteiger partial charge is 0.490 e. The summed E-state index contributed by atoms with van der Waals surface area (Å²) in [5.41, 5.74) is 3.31. The topological polar surface area (TPSA) is 41.6 Å². The fourth-order valence-electron chi connectivity index (χ4n) is 4.47. The van der Waals surface area contributed by atoms with Crippen molar-refractivity contribution < 1.29 is 9.53 Å². The highest BCUT2D eigenvalue weighted by atomic mass is 16.5. The Bertz CT molecular complexity index is 836. The lowest BCUT2D eigenvalue weighted by atomic mass is 9.92. The molecule has 1 saturated carbocycles. The summed E-state index contributed by atoms with van der Waals surface area (Å²) in [4.78, 5) is 14.6. The number of nitrogens with one attached hydrogen (secondary N) is 1. The van der Waals surface area contributed by atoms with Gasteiger partial charge in [0.05, 0.1) is 0 Å². The number of nitrogens with zero attached hydrogens (tertiary/aromatic N) is 1. The molecule has 1 N–H and O–H groups in total. The van der Waals surface area contributed by atoms with Crippen molar-refractivity contribution in [1.29, 1.82) is 0 Å². The maximum atomic E-state index is 12.6. The van der Waals surface area contributed by atoms with Gasteiger partial charge in [0.15, 0.2) is 0 Å². The summed E-state index contributed by atoms with van der Waals surface area (Å²) < 4.78 is 6.17. The van der Waals surface area contributed by atoms with Gasteiger partial charge in [-0.3, -0.25) is 4.79 Å². The monoisotopic (exact) mass is 392 g/mol. The Balaban J connectivity index is 1.32. The normalized spacial score (nSPS) is 22.4. The Morgan fingerprint density at radius 1 is 1.17 bits per heavy atom. The van der Waals surface area contributed by atoms with Crippen LogP contribution in [0, 0.1) is 0 Å². The number of para-hydroxylation sites is 1. The van der Waals surface area contributed by atoms with E-state index < -0.39 is 0 Å². The summed E-state index contributed by atoms with van der Waals surface area (Å²) in [6, 6.07) is 17.2. The fourth-order valence-corrected chi connectivity index (χ4v) is 4.47. The van der Waals surface area contributed by atoms with E-state index in [1.165, 1.54) is 24.0 Å². The molecule has 1 aliphatic heterocycles. The van der Waals surface area contributed by atoms with E-state index in [9.17, 15) is 4.79 Å². The van der Waals surface area contributed by atoms with E-state index in [0.29, 0.717) is 12.1 Å². The highest BCUT2D eigenvalue weighted by molar-refractivity contribution is 5.98. The molecule has 0 aromatic heterocycles. The highest BCUT2D eigenvalue weighted by Gasteiger charge is 2.30. The van der Waals surface area contributed by atoms with Gasteiger partial charge in [-0.25, -0.2) is 0 Å². The second-order valence-electron chi connectivity index (χ2n) is 8.48. The molecule has 4 heteroatoms. The number of hydrogen-bond acceptors (Lipinski definition) is 3. The summed E-state index contributed by atoms with van der Waals surface area (Å²) in [6.07, 6.45) is 5.82. The van der Waals surface area contributed by atoms with Crippen LogP contribution in [0.5, 0.6) is 5.75 Å². The number of carbonyl (C=O) groups is 1. The van der Waals surface area contributed by atoms with Gasteiger partial charge in [0, 0.05) is 30.7 Å². The van der Waals surface area contributed by atoms with Gasteiger partial charge in [0.25, 0.3) is 5.91 Å². The van der Waals surface area contributed by atoms with Crippen molar-refractivity contribution in [2.75, 3.05) is 0 Å². The average Bonchev–Trinajstić information content (AvgIpc) is 3.08. The summed E-state index contributed by atoms with van der Waals surface area (Å²) >= 11 is 0. The van der Waals surface area contributed by atoms with Gasteiger partial charge in [0.2, 0.25) is 0 Å². The lowest BCUT2D eigenvalue weighted by Gasteiger charge is -2.30. The smallest absolute Gasteiger partial charge is 0.254 e. The second-order valence-corrected chi connectivity index (χ2v) is 8.48. The zero-order valence-corrected chi connectivity index (χ0v) is 17.6. The van der Waals surface area contributed by atoms with Gasteiger partial charge < -0.3 is 15.0 Å². The molecule has 1 aliphatic carbocycles. The number of amides is 1. The molecule has 1 heterocycles. The quantitative estimate of drug-likeness (QED) is 0.727. The molecule has 4 nitrogen and oxygen atoms in total. The minimum Gasteiger partial charge on any atom is -0.490 e. The van der Waals surface area contributed by atoms with Crippen LogP contribution in [0.15, 0.2) is 48.5 Å². The molecule has 3 atom stereocenters. The van der Waals surface area contributed by atoms with Crippen molar-refractivity contribution in [2.45, 2.75) is 77.2 Å². The molecule has 29 heavy (non-hydrogen) atoms. The zero-order chi connectivity index (χ0) is 20.2. The molecule has 154 valence electrons. The van der Waals surface area contributed by atoms with Gasteiger partial charge in [-0.05, 0) is 68.4 Å². The molecule has 0 spiro atoms. The first-order valence-corrected chi connectivity index (χ1v) is 11.0. The van der Waals surface area contributed by atoms with Crippen molar-refractivity contribution in [2.24, 2.45) is 0 Å². The van der Waals surface area contributed by atoms with Crippen molar-refractivity contribution in [3.63, 3.8) is 0 Å². The van der Waals surface area contributed by atoms with E-state index in [1.807, 2.05) is 41.3 Å². The minimum atomic E-state index is 0.182. The zero-order valence-electron chi connectivity index (χ0n) is 17.6. The van der Waals surface area contributed by atoms with E-state index >= 15 is 0 Å². The van der Waals surface area contributed by atoms with Crippen molar-refractivity contribution in [3.05, 3.63) is 65.2 Å². The molecule has 0 saturated heterocycles. The number of hydrogen-bond donors (Lipinski definition) is 1. The van der Waals surface area contributed by atoms with Crippen LogP contribution in [-0.2, 0) is 13.1 Å². The maximum absolute atomic E-state index is 12.6. The average molecular weight is 393 g/mol. The minimum absolute atomic E-state index is 0.182. The number of benzene rings is 2. The predicted octanol–water partition coefficient (Wildman–Crippen LogP) is 4.92. The van der Waals surface area contributed by atoms with E-state index in [4.69, 9.17) is 4.74 Å². The van der Waals surface area contributed by atoms with Crippen LogP contribution >= 0.6 is 0 Å². The second kappa shape index (κ2) is 9.00. The van der Waals surface area contributed by atoms with E-state index in [2.05, 4.69) is 31.3 Å². The van der Waals surface area contributed by atoms with Gasteiger partial charge >= 0.3 is 0 Å². The standard InChI is InChI=1S/C25H32N2O2/c1-3-18(2)27-17-20-14-19(12-13-24(20)25(27)28)16-26-21-8-7-11-23(15-21)29-22-9-5-4-6-10-22/h4-6,9-10,12-14,18,21,23,26H,3,7-8,11,15-17H2,1-2H3. The first-order chi connectivity index (χ1) is 14.1. The van der Waals surface area contributed by atoms with Crippen LogP contribution in [0.25, 0.3) is 0 Å². The molecule has 4 rings (SSSR count). The van der Waals surface area contributed by atoms with E-state index in [1.54, 1.807) is 0 Å². The molecule has 3 unspecified atom stereocenters.